The molecule has 0 saturated heterocycles. The maximum Gasteiger partial charge on any atom is 0.319 e. The quantitative estimate of drug-likeness (QED) is 0.483. The number of aliphatic carboxylic acids is 1. The number of hydrogen-bond acceptors (Lipinski definition) is 4. The second-order valence-corrected chi connectivity index (χ2v) is 6.87. The molecule has 0 unspecified atom stereocenters. The summed E-state index contributed by atoms with van der Waals surface area (Å²) in [6.45, 7) is 3.71. The number of carboxylic acid groups (broad SMARTS) is 1. The Morgan fingerprint density at radius 1 is 1.18 bits per heavy atom. The van der Waals surface area contributed by atoms with Gasteiger partial charge in [-0.3, -0.25) is 9.59 Å². The number of amides is 3. The van der Waals surface area contributed by atoms with E-state index < -0.39 is 5.97 Å². The minimum absolute atomic E-state index is 0.0348. The van der Waals surface area contributed by atoms with Crippen LogP contribution in [0.15, 0.2) is 24.3 Å². The van der Waals surface area contributed by atoms with Gasteiger partial charge in [-0.25, -0.2) is 4.79 Å². The summed E-state index contributed by atoms with van der Waals surface area (Å²) in [5, 5.41) is 17.5. The monoisotopic (exact) mass is 391 g/mol. The maximum absolute atomic E-state index is 12.2. The third-order valence-electron chi connectivity index (χ3n) is 4.75. The van der Waals surface area contributed by atoms with Crippen LogP contribution in [0.4, 0.5) is 10.5 Å². The van der Waals surface area contributed by atoms with Gasteiger partial charge in [-0.05, 0) is 57.2 Å². The summed E-state index contributed by atoms with van der Waals surface area (Å²) in [4.78, 5) is 35.4. The molecule has 3 amide bonds. The van der Waals surface area contributed by atoms with Gasteiger partial charge in [0.05, 0.1) is 5.92 Å². The van der Waals surface area contributed by atoms with Gasteiger partial charge < -0.3 is 25.8 Å². The van der Waals surface area contributed by atoms with Gasteiger partial charge in [0.1, 0.15) is 0 Å². The number of hydrogen-bond donors (Lipinski definition) is 4. The standard InChI is InChI=1S/C20H29N3O5/c1-2-28-12-4-11-21-18(24)15-5-3-6-17(13-15)23-20(27)22-16-9-7-14(8-10-16)19(25)26/h3,5-6,13-14,16H,2,4,7-12H2,1H3,(H,21,24)(H,25,26)(H2,22,23,27). The lowest BCUT2D eigenvalue weighted by molar-refractivity contribution is -0.142. The lowest BCUT2D eigenvalue weighted by Gasteiger charge is -2.26. The highest BCUT2D eigenvalue weighted by molar-refractivity contribution is 5.96. The number of benzene rings is 1. The SMILES string of the molecule is CCOCCCNC(=O)c1cccc(NC(=O)NC2CCC(C(=O)O)CC2)c1. The first-order chi connectivity index (χ1) is 13.5. The first-order valence-electron chi connectivity index (χ1n) is 9.76. The zero-order chi connectivity index (χ0) is 20.4. The van der Waals surface area contributed by atoms with Crippen LogP contribution >= 0.6 is 0 Å². The van der Waals surface area contributed by atoms with Gasteiger partial charge in [0.15, 0.2) is 0 Å². The number of urea groups is 1. The highest BCUT2D eigenvalue weighted by Gasteiger charge is 2.26. The summed E-state index contributed by atoms with van der Waals surface area (Å²) in [7, 11) is 0. The highest BCUT2D eigenvalue weighted by atomic mass is 16.5. The molecule has 1 aliphatic carbocycles. The third-order valence-corrected chi connectivity index (χ3v) is 4.75. The molecule has 0 aromatic heterocycles. The lowest BCUT2D eigenvalue weighted by atomic mass is 9.86. The molecule has 4 N–H and O–H groups in total. The van der Waals surface area contributed by atoms with Crippen LogP contribution in [-0.4, -0.2) is 48.8 Å². The Bertz CT molecular complexity index is 672. The molecule has 1 saturated carbocycles. The van der Waals surface area contributed by atoms with Crippen LogP contribution in [-0.2, 0) is 9.53 Å². The Balaban J connectivity index is 1.77. The van der Waals surface area contributed by atoms with Crippen molar-refractivity contribution >= 4 is 23.6 Å². The fourth-order valence-corrected chi connectivity index (χ4v) is 3.20. The predicted octanol–water partition coefficient (Wildman–Crippen LogP) is 2.61. The van der Waals surface area contributed by atoms with E-state index in [1.165, 1.54) is 0 Å². The fraction of sp³-hybridized carbons (Fsp3) is 0.550. The van der Waals surface area contributed by atoms with Crippen LogP contribution in [0.2, 0.25) is 0 Å². The van der Waals surface area contributed by atoms with E-state index in [-0.39, 0.29) is 23.9 Å². The molecule has 8 nitrogen and oxygen atoms in total. The van der Waals surface area contributed by atoms with E-state index in [0.29, 0.717) is 56.7 Å². The van der Waals surface area contributed by atoms with E-state index >= 15 is 0 Å². The summed E-state index contributed by atoms with van der Waals surface area (Å²) in [6.07, 6.45) is 3.17. The molecule has 1 fully saturated rings. The van der Waals surface area contributed by atoms with Crippen LogP contribution in [0.1, 0.15) is 49.4 Å². The summed E-state index contributed by atoms with van der Waals surface area (Å²) >= 11 is 0. The van der Waals surface area contributed by atoms with Gasteiger partial charge in [0.25, 0.3) is 5.91 Å². The number of rotatable bonds is 9. The number of carbonyl (C=O) groups is 3. The Morgan fingerprint density at radius 3 is 2.61 bits per heavy atom. The third kappa shape index (κ3) is 7.19. The first-order valence-corrected chi connectivity index (χ1v) is 9.76. The average molecular weight is 391 g/mol. The molecule has 154 valence electrons. The number of nitrogens with one attached hydrogen (secondary N) is 3. The van der Waals surface area contributed by atoms with Gasteiger partial charge in [0.2, 0.25) is 0 Å². The fourth-order valence-electron chi connectivity index (χ4n) is 3.20. The van der Waals surface area contributed by atoms with Crippen LogP contribution in [0.3, 0.4) is 0 Å². The molecule has 1 aromatic rings. The van der Waals surface area contributed by atoms with Crippen molar-refractivity contribution in [3.05, 3.63) is 29.8 Å². The molecular formula is C20H29N3O5. The van der Waals surface area contributed by atoms with Crippen molar-refractivity contribution in [1.29, 1.82) is 0 Å². The van der Waals surface area contributed by atoms with Crippen molar-refractivity contribution in [3.8, 4) is 0 Å². The summed E-state index contributed by atoms with van der Waals surface area (Å²) in [5.41, 5.74) is 0.995. The first kappa shape index (κ1) is 21.7. The molecule has 0 bridgehead atoms. The smallest absolute Gasteiger partial charge is 0.319 e. The van der Waals surface area contributed by atoms with Gasteiger partial charge >= 0.3 is 12.0 Å². The van der Waals surface area contributed by atoms with Crippen LogP contribution < -0.4 is 16.0 Å². The van der Waals surface area contributed by atoms with Crippen molar-refractivity contribution < 1.29 is 24.2 Å². The van der Waals surface area contributed by atoms with Gasteiger partial charge in [-0.2, -0.15) is 0 Å². The number of ether oxygens (including phenoxy) is 1. The van der Waals surface area contributed by atoms with E-state index in [1.807, 2.05) is 6.92 Å². The van der Waals surface area contributed by atoms with E-state index in [0.717, 1.165) is 6.42 Å². The average Bonchev–Trinajstić information content (AvgIpc) is 2.68. The Kier molecular flexibility index (Phi) is 8.74. The largest absolute Gasteiger partial charge is 0.481 e. The minimum Gasteiger partial charge on any atom is -0.481 e. The predicted molar refractivity (Wildman–Crippen MR) is 105 cm³/mol. The molecule has 0 heterocycles. The normalized spacial score (nSPS) is 18.9. The van der Waals surface area contributed by atoms with E-state index in [2.05, 4.69) is 16.0 Å². The highest BCUT2D eigenvalue weighted by Crippen LogP contribution is 2.24. The van der Waals surface area contributed by atoms with Crippen molar-refractivity contribution in [3.63, 3.8) is 0 Å². The maximum atomic E-state index is 12.2. The molecule has 0 atom stereocenters. The van der Waals surface area contributed by atoms with E-state index in [4.69, 9.17) is 9.84 Å². The molecule has 28 heavy (non-hydrogen) atoms. The molecule has 1 aliphatic rings. The zero-order valence-electron chi connectivity index (χ0n) is 16.2. The molecule has 2 rings (SSSR count). The Morgan fingerprint density at radius 2 is 1.93 bits per heavy atom. The van der Waals surface area contributed by atoms with Crippen LogP contribution in [0.25, 0.3) is 0 Å². The number of carbonyl (C=O) groups excluding carboxylic acids is 2. The van der Waals surface area contributed by atoms with Crippen molar-refractivity contribution in [2.24, 2.45) is 5.92 Å². The minimum atomic E-state index is -0.768. The van der Waals surface area contributed by atoms with E-state index in [1.54, 1.807) is 24.3 Å². The zero-order valence-corrected chi connectivity index (χ0v) is 16.2. The van der Waals surface area contributed by atoms with Gasteiger partial charge in [-0.1, -0.05) is 6.07 Å². The van der Waals surface area contributed by atoms with Gasteiger partial charge in [0, 0.05) is 37.1 Å². The molecule has 8 heteroatoms. The summed E-state index contributed by atoms with van der Waals surface area (Å²) < 4.78 is 5.23. The topological polar surface area (TPSA) is 117 Å². The second-order valence-electron chi connectivity index (χ2n) is 6.87. The van der Waals surface area contributed by atoms with Crippen LogP contribution in [0.5, 0.6) is 0 Å². The van der Waals surface area contributed by atoms with Crippen molar-refractivity contribution in [2.45, 2.75) is 45.1 Å². The lowest BCUT2D eigenvalue weighted by Crippen LogP contribution is -2.41. The molecular weight excluding hydrogens is 362 g/mol. The molecule has 0 aliphatic heterocycles. The Hall–Kier alpha value is -2.61. The van der Waals surface area contributed by atoms with E-state index in [9.17, 15) is 14.4 Å². The summed E-state index contributed by atoms with van der Waals surface area (Å²) in [5.74, 6) is -1.28. The van der Waals surface area contributed by atoms with Crippen molar-refractivity contribution in [1.82, 2.24) is 10.6 Å². The van der Waals surface area contributed by atoms with Crippen molar-refractivity contribution in [2.75, 3.05) is 25.1 Å². The molecule has 0 radical (unpaired) electrons. The number of carboxylic acids is 1. The summed E-state index contributed by atoms with van der Waals surface area (Å²) in [6, 6.07) is 6.35. The second kappa shape index (κ2) is 11.3. The Labute approximate surface area is 165 Å². The van der Waals surface area contributed by atoms with Gasteiger partial charge in [-0.15, -0.1) is 0 Å². The molecule has 0 spiro atoms. The molecule has 1 aromatic carbocycles. The van der Waals surface area contributed by atoms with Crippen LogP contribution in [0, 0.1) is 5.92 Å². The number of anilines is 1.